The monoisotopic (exact) mass is 1080 g/mol. The van der Waals surface area contributed by atoms with E-state index in [2.05, 4.69) is 350 Å². The largest absolute Gasteiger partial charge is 0.302 e. The minimum absolute atomic E-state index is 1.09. The van der Waals surface area contributed by atoms with Gasteiger partial charge in [-0.3, -0.25) is 0 Å². The first-order valence-corrected chi connectivity index (χ1v) is 29.3. The fraction of sp³-hybridized carbons (Fsp3) is 0. The van der Waals surface area contributed by atoms with E-state index >= 15 is 0 Å². The van der Waals surface area contributed by atoms with Crippen LogP contribution in [0.4, 0.5) is 32.8 Å². The molecule has 0 aliphatic heterocycles. The molecule has 82 heavy (non-hydrogen) atoms. The van der Waals surface area contributed by atoms with Gasteiger partial charge in [-0.15, -0.1) is 22.7 Å². The average Bonchev–Trinajstić information content (AvgIpc) is 3.64. The normalized spacial score (nSPS) is 11.7. The van der Waals surface area contributed by atoms with Crippen LogP contribution in [0.1, 0.15) is 44.5 Å². The van der Waals surface area contributed by atoms with Crippen LogP contribution in [0.3, 0.4) is 0 Å². The Balaban J connectivity index is 0.871. The van der Waals surface area contributed by atoms with Crippen LogP contribution < -0.4 is 9.80 Å². The lowest BCUT2D eigenvalue weighted by molar-refractivity contribution is 1.31. The van der Waals surface area contributed by atoms with E-state index in [1.807, 2.05) is 22.7 Å². The quantitative estimate of drug-likeness (QED) is 0.0703. The van der Waals surface area contributed by atoms with Crippen molar-refractivity contribution in [1.29, 1.82) is 0 Å². The summed E-state index contributed by atoms with van der Waals surface area (Å²) in [6, 6.07) is 105. The number of benzene rings is 11. The number of hydrogen-bond donors (Lipinski definition) is 0. The second-order valence-electron chi connectivity index (χ2n) is 20.1. The summed E-state index contributed by atoms with van der Waals surface area (Å²) < 4.78 is 0. The Bertz CT molecular complexity index is 3850. The zero-order chi connectivity index (χ0) is 54.9. The summed E-state index contributed by atoms with van der Waals surface area (Å²) in [4.78, 5) is 7.22. The van der Waals surface area contributed by atoms with Crippen molar-refractivity contribution in [2.24, 2.45) is 0 Å². The van der Waals surface area contributed by atoms with Gasteiger partial charge in [0.05, 0.1) is 0 Å². The number of hydrogen-bond acceptors (Lipinski definition) is 4. The van der Waals surface area contributed by atoms with Crippen LogP contribution in [-0.4, -0.2) is 0 Å². The molecule has 2 nitrogen and oxygen atoms in total. The van der Waals surface area contributed by atoms with Gasteiger partial charge in [-0.2, -0.15) is 0 Å². The molecule has 0 saturated heterocycles. The highest BCUT2D eigenvalue weighted by Crippen LogP contribution is 2.51. The zero-order valence-corrected chi connectivity index (χ0v) is 46.7. The SMILES string of the molecule is C(=C\c1ccc(N(c2ccc(/C=C/c3ccccc3)cc2)c2ccc(-c3c4ccccc4c(-c4ccc(N(c5ccc(/C=C/c6ccccc6)cc5)c5ccc(/C=C/c6ccccc6)cc5)s4)c4ccccc34)s2)cc1)/c1ccccc1. The van der Waals surface area contributed by atoms with Gasteiger partial charge in [0.2, 0.25) is 0 Å². The van der Waals surface area contributed by atoms with Gasteiger partial charge in [0.1, 0.15) is 10.0 Å². The standard InChI is InChI=1S/C78H56N2S2/c1-5-17-57(18-6-1)29-33-61-37-45-65(46-38-61)79(66-47-39-62(40-48-66)34-30-58-19-7-2-8-20-58)75-55-53-73(81-75)77-69-25-13-15-27-71(69)78(72-28-16-14-26-70(72)77)74-54-56-76(82-74)80(67-49-41-63(42-50-67)35-31-59-21-9-3-10-22-59)68-51-43-64(44-52-68)36-32-60-23-11-4-12-24-60/h1-56H/b33-29+,34-30+,35-31+,36-32+. The lowest BCUT2D eigenvalue weighted by Gasteiger charge is -2.24. The van der Waals surface area contributed by atoms with Crippen LogP contribution in [0.15, 0.2) is 291 Å². The maximum absolute atomic E-state index is 2.39. The molecule has 0 amide bonds. The van der Waals surface area contributed by atoms with Gasteiger partial charge in [0.15, 0.2) is 0 Å². The van der Waals surface area contributed by atoms with Gasteiger partial charge in [-0.1, -0.05) is 267 Å². The third-order valence-electron chi connectivity index (χ3n) is 14.7. The molecule has 11 aromatic carbocycles. The molecule has 0 aliphatic rings. The van der Waals surface area contributed by atoms with E-state index in [1.54, 1.807) is 0 Å². The molecule has 2 aromatic heterocycles. The Labute approximate surface area is 488 Å². The molecule has 0 spiro atoms. The van der Waals surface area contributed by atoms with Crippen molar-refractivity contribution in [2.45, 2.75) is 0 Å². The van der Waals surface area contributed by atoms with Gasteiger partial charge in [-0.25, -0.2) is 0 Å². The van der Waals surface area contributed by atoms with Crippen molar-refractivity contribution in [3.8, 4) is 20.9 Å². The molecule has 0 aliphatic carbocycles. The van der Waals surface area contributed by atoms with Crippen molar-refractivity contribution < 1.29 is 0 Å². The van der Waals surface area contributed by atoms with E-state index in [1.165, 1.54) is 64.7 Å². The van der Waals surface area contributed by atoms with E-state index < -0.39 is 0 Å². The molecule has 0 fully saturated rings. The molecule has 0 atom stereocenters. The molecule has 0 unspecified atom stereocenters. The van der Waals surface area contributed by atoms with Crippen LogP contribution in [0.5, 0.6) is 0 Å². The molecule has 13 rings (SSSR count). The van der Waals surface area contributed by atoms with E-state index in [9.17, 15) is 0 Å². The fourth-order valence-corrected chi connectivity index (χ4v) is 12.8. The summed E-state index contributed by atoms with van der Waals surface area (Å²) >= 11 is 3.67. The molecular formula is C78H56N2S2. The van der Waals surface area contributed by atoms with Crippen LogP contribution in [0.25, 0.3) is 91.0 Å². The summed E-state index contributed by atoms with van der Waals surface area (Å²) in [5, 5.41) is 7.18. The number of nitrogens with zero attached hydrogens (tertiary/aromatic N) is 2. The van der Waals surface area contributed by atoms with Crippen molar-refractivity contribution in [2.75, 3.05) is 9.80 Å². The van der Waals surface area contributed by atoms with Crippen molar-refractivity contribution in [3.05, 3.63) is 336 Å². The molecule has 13 aromatic rings. The second kappa shape index (κ2) is 24.1. The predicted molar refractivity (Wildman–Crippen MR) is 359 cm³/mol. The molecule has 0 saturated carbocycles. The molecule has 0 N–H and O–H groups in total. The Morgan fingerprint density at radius 3 is 0.634 bits per heavy atom. The van der Waals surface area contributed by atoms with E-state index in [0.717, 1.165) is 55.0 Å². The molecule has 0 radical (unpaired) electrons. The number of rotatable bonds is 16. The van der Waals surface area contributed by atoms with Crippen LogP contribution in [0.2, 0.25) is 0 Å². The van der Waals surface area contributed by atoms with Gasteiger partial charge < -0.3 is 9.80 Å². The van der Waals surface area contributed by atoms with Gasteiger partial charge in [-0.05, 0) is 139 Å². The first-order valence-electron chi connectivity index (χ1n) is 27.7. The number of fused-ring (bicyclic) bond motifs is 2. The van der Waals surface area contributed by atoms with E-state index in [4.69, 9.17) is 0 Å². The smallest absolute Gasteiger partial charge is 0.101 e. The maximum atomic E-state index is 2.39. The van der Waals surface area contributed by atoms with Crippen LogP contribution >= 0.6 is 22.7 Å². The highest BCUT2D eigenvalue weighted by atomic mass is 32.1. The van der Waals surface area contributed by atoms with Gasteiger partial charge in [0, 0.05) is 43.6 Å². The highest BCUT2D eigenvalue weighted by molar-refractivity contribution is 7.20. The third kappa shape index (κ3) is 11.5. The summed E-state index contributed by atoms with van der Waals surface area (Å²) in [6.45, 7) is 0. The average molecular weight is 1090 g/mol. The lowest BCUT2D eigenvalue weighted by Crippen LogP contribution is -2.08. The summed E-state index contributed by atoms with van der Waals surface area (Å²) in [5.41, 5.74) is 16.2. The summed E-state index contributed by atoms with van der Waals surface area (Å²) in [7, 11) is 0. The third-order valence-corrected chi connectivity index (χ3v) is 16.9. The molecule has 0 bridgehead atoms. The highest BCUT2D eigenvalue weighted by Gasteiger charge is 2.23. The zero-order valence-electron chi connectivity index (χ0n) is 45.0. The second-order valence-corrected chi connectivity index (χ2v) is 22.3. The van der Waals surface area contributed by atoms with E-state index in [0.29, 0.717) is 0 Å². The van der Waals surface area contributed by atoms with Crippen molar-refractivity contribution >= 4 is 126 Å². The predicted octanol–water partition coefficient (Wildman–Crippen LogP) is 23.1. The van der Waals surface area contributed by atoms with Crippen LogP contribution in [0, 0.1) is 0 Å². The maximum Gasteiger partial charge on any atom is 0.101 e. The molecule has 2 heterocycles. The summed E-state index contributed by atoms with van der Waals surface area (Å²) in [5.74, 6) is 0. The van der Waals surface area contributed by atoms with Crippen molar-refractivity contribution in [1.82, 2.24) is 0 Å². The summed E-state index contributed by atoms with van der Waals surface area (Å²) in [6.07, 6.45) is 17.4. The van der Waals surface area contributed by atoms with Crippen LogP contribution in [-0.2, 0) is 0 Å². The topological polar surface area (TPSA) is 6.48 Å². The number of anilines is 6. The lowest BCUT2D eigenvalue weighted by atomic mass is 9.90. The fourth-order valence-electron chi connectivity index (χ4n) is 10.6. The van der Waals surface area contributed by atoms with Gasteiger partial charge >= 0.3 is 0 Å². The first kappa shape index (κ1) is 51.3. The minimum atomic E-state index is 1.09. The Morgan fingerprint density at radius 2 is 0.402 bits per heavy atom. The molecule has 390 valence electrons. The first-order chi connectivity index (χ1) is 40.6. The number of thiophene rings is 2. The molecule has 4 heteroatoms. The Morgan fingerprint density at radius 1 is 0.195 bits per heavy atom. The Hall–Kier alpha value is -10.1. The van der Waals surface area contributed by atoms with E-state index in [-0.39, 0.29) is 0 Å². The van der Waals surface area contributed by atoms with Gasteiger partial charge in [0.25, 0.3) is 0 Å². The minimum Gasteiger partial charge on any atom is -0.302 e. The Kier molecular flexibility index (Phi) is 15.1. The molecular weight excluding hydrogens is 1030 g/mol. The van der Waals surface area contributed by atoms with Crippen molar-refractivity contribution in [3.63, 3.8) is 0 Å².